The number of nitrogens with one attached hydrogen (secondary N) is 1. The van der Waals surface area contributed by atoms with E-state index < -0.39 is 0 Å². The minimum absolute atomic E-state index is 0.126. The third kappa shape index (κ3) is 4.58. The second-order valence-electron chi connectivity index (χ2n) is 5.61. The molecule has 0 aromatic rings. The number of hydrogen-bond donors (Lipinski definition) is 2. The topological polar surface area (TPSA) is 58.4 Å². The minimum atomic E-state index is 0.126. The van der Waals surface area contributed by atoms with E-state index in [-0.39, 0.29) is 18.0 Å². The van der Waals surface area contributed by atoms with Crippen LogP contribution in [0.5, 0.6) is 0 Å². The summed E-state index contributed by atoms with van der Waals surface area (Å²) in [5.74, 6) is 0.126. The first-order chi connectivity index (χ1) is 8.58. The molecule has 1 fully saturated rings. The van der Waals surface area contributed by atoms with Crippen LogP contribution in [0.3, 0.4) is 0 Å². The van der Waals surface area contributed by atoms with Gasteiger partial charge in [0.15, 0.2) is 0 Å². The van der Waals surface area contributed by atoms with Gasteiger partial charge in [0.25, 0.3) is 0 Å². The largest absolute Gasteiger partial charge is 0.354 e. The Bertz CT molecular complexity index is 255. The van der Waals surface area contributed by atoms with Gasteiger partial charge in [0, 0.05) is 31.1 Å². The fourth-order valence-electron chi connectivity index (χ4n) is 2.87. The molecule has 1 heterocycles. The minimum Gasteiger partial charge on any atom is -0.354 e. The standard InChI is InChI=1S/C14H29N3O/c1-4-12-7-5-6-8-17(12)13(10-15)9-14(18)16-11(2)3/h11-13H,4-10,15H2,1-3H3,(H,16,18). The predicted molar refractivity (Wildman–Crippen MR) is 75.4 cm³/mol. The monoisotopic (exact) mass is 255 g/mol. The molecule has 106 valence electrons. The smallest absolute Gasteiger partial charge is 0.221 e. The molecule has 1 aliphatic rings. The average molecular weight is 255 g/mol. The Kier molecular flexibility index (Phi) is 6.65. The molecular weight excluding hydrogens is 226 g/mol. The van der Waals surface area contributed by atoms with Crippen molar-refractivity contribution in [1.29, 1.82) is 0 Å². The van der Waals surface area contributed by atoms with Crippen molar-refractivity contribution in [2.24, 2.45) is 5.73 Å². The highest BCUT2D eigenvalue weighted by Gasteiger charge is 2.28. The van der Waals surface area contributed by atoms with Crippen LogP contribution < -0.4 is 11.1 Å². The van der Waals surface area contributed by atoms with Crippen molar-refractivity contribution in [3.05, 3.63) is 0 Å². The van der Waals surface area contributed by atoms with Gasteiger partial charge in [0.05, 0.1) is 0 Å². The molecule has 0 saturated carbocycles. The molecule has 1 saturated heterocycles. The Labute approximate surface area is 111 Å². The van der Waals surface area contributed by atoms with Crippen molar-refractivity contribution in [2.45, 2.75) is 71.0 Å². The second-order valence-corrected chi connectivity index (χ2v) is 5.61. The quantitative estimate of drug-likeness (QED) is 0.756. The lowest BCUT2D eigenvalue weighted by Crippen LogP contribution is -2.51. The van der Waals surface area contributed by atoms with Gasteiger partial charge in [0.1, 0.15) is 0 Å². The molecule has 4 nitrogen and oxygen atoms in total. The molecule has 2 unspecified atom stereocenters. The SMILES string of the molecule is CCC1CCCCN1C(CN)CC(=O)NC(C)C. The highest BCUT2D eigenvalue weighted by molar-refractivity contribution is 5.76. The molecule has 4 heteroatoms. The zero-order chi connectivity index (χ0) is 13.5. The normalized spacial score (nSPS) is 23.1. The third-order valence-corrected chi connectivity index (χ3v) is 3.76. The Hall–Kier alpha value is -0.610. The first-order valence-corrected chi connectivity index (χ1v) is 7.33. The van der Waals surface area contributed by atoms with Gasteiger partial charge in [-0.15, -0.1) is 0 Å². The van der Waals surface area contributed by atoms with Crippen LogP contribution >= 0.6 is 0 Å². The molecule has 1 aliphatic heterocycles. The average Bonchev–Trinajstić information content (AvgIpc) is 2.35. The number of rotatable bonds is 6. The number of nitrogens with two attached hydrogens (primary N) is 1. The van der Waals surface area contributed by atoms with Gasteiger partial charge in [-0.05, 0) is 39.7 Å². The maximum Gasteiger partial charge on any atom is 0.221 e. The van der Waals surface area contributed by atoms with E-state index in [0.29, 0.717) is 19.0 Å². The Balaban J connectivity index is 2.55. The van der Waals surface area contributed by atoms with E-state index in [4.69, 9.17) is 5.73 Å². The van der Waals surface area contributed by atoms with Crippen LogP contribution in [0, 0.1) is 0 Å². The van der Waals surface area contributed by atoms with E-state index in [9.17, 15) is 4.79 Å². The summed E-state index contributed by atoms with van der Waals surface area (Å²) in [5.41, 5.74) is 5.88. The van der Waals surface area contributed by atoms with E-state index in [1.807, 2.05) is 13.8 Å². The van der Waals surface area contributed by atoms with Crippen LogP contribution in [0.25, 0.3) is 0 Å². The molecule has 18 heavy (non-hydrogen) atoms. The summed E-state index contributed by atoms with van der Waals surface area (Å²) in [6.45, 7) is 7.87. The molecule has 0 aromatic heterocycles. The molecule has 0 bridgehead atoms. The number of nitrogens with zero attached hydrogens (tertiary/aromatic N) is 1. The van der Waals surface area contributed by atoms with Crippen molar-refractivity contribution in [1.82, 2.24) is 10.2 Å². The number of carbonyl (C=O) groups excluding carboxylic acids is 1. The van der Waals surface area contributed by atoms with Crippen molar-refractivity contribution in [3.8, 4) is 0 Å². The number of amides is 1. The maximum atomic E-state index is 11.9. The van der Waals surface area contributed by atoms with Gasteiger partial charge < -0.3 is 11.1 Å². The molecule has 2 atom stereocenters. The van der Waals surface area contributed by atoms with Crippen LogP contribution in [0.2, 0.25) is 0 Å². The summed E-state index contributed by atoms with van der Waals surface area (Å²) in [5, 5.41) is 2.96. The molecule has 0 aromatic carbocycles. The van der Waals surface area contributed by atoms with Crippen LogP contribution in [-0.2, 0) is 4.79 Å². The highest BCUT2D eigenvalue weighted by atomic mass is 16.1. The van der Waals surface area contributed by atoms with Gasteiger partial charge in [0.2, 0.25) is 5.91 Å². The lowest BCUT2D eigenvalue weighted by Gasteiger charge is -2.40. The summed E-state index contributed by atoms with van der Waals surface area (Å²) in [7, 11) is 0. The van der Waals surface area contributed by atoms with E-state index in [2.05, 4.69) is 17.1 Å². The summed E-state index contributed by atoms with van der Waals surface area (Å²) >= 11 is 0. The van der Waals surface area contributed by atoms with Gasteiger partial charge >= 0.3 is 0 Å². The fraction of sp³-hybridized carbons (Fsp3) is 0.929. The molecule has 3 N–H and O–H groups in total. The molecule has 1 rings (SSSR count). The number of piperidine rings is 1. The van der Waals surface area contributed by atoms with E-state index in [1.54, 1.807) is 0 Å². The Morgan fingerprint density at radius 1 is 1.44 bits per heavy atom. The molecule has 0 radical (unpaired) electrons. The zero-order valence-electron chi connectivity index (χ0n) is 12.1. The number of hydrogen-bond acceptors (Lipinski definition) is 3. The van der Waals surface area contributed by atoms with Crippen molar-refractivity contribution >= 4 is 5.91 Å². The third-order valence-electron chi connectivity index (χ3n) is 3.76. The molecular formula is C14H29N3O. The summed E-state index contributed by atoms with van der Waals surface area (Å²) in [6.07, 6.45) is 5.48. The van der Waals surface area contributed by atoms with Crippen LogP contribution in [-0.4, -0.2) is 42.0 Å². The maximum absolute atomic E-state index is 11.9. The van der Waals surface area contributed by atoms with Gasteiger partial charge in [-0.2, -0.15) is 0 Å². The van der Waals surface area contributed by atoms with E-state index >= 15 is 0 Å². The zero-order valence-corrected chi connectivity index (χ0v) is 12.1. The van der Waals surface area contributed by atoms with Gasteiger partial charge in [-0.25, -0.2) is 0 Å². The van der Waals surface area contributed by atoms with Crippen molar-refractivity contribution in [2.75, 3.05) is 13.1 Å². The molecule has 0 spiro atoms. The summed E-state index contributed by atoms with van der Waals surface area (Å²) in [6, 6.07) is 1.02. The highest BCUT2D eigenvalue weighted by Crippen LogP contribution is 2.22. The van der Waals surface area contributed by atoms with Crippen LogP contribution in [0.4, 0.5) is 0 Å². The predicted octanol–water partition coefficient (Wildman–Crippen LogP) is 1.49. The molecule has 0 aliphatic carbocycles. The van der Waals surface area contributed by atoms with E-state index in [1.165, 1.54) is 19.3 Å². The van der Waals surface area contributed by atoms with Crippen molar-refractivity contribution < 1.29 is 4.79 Å². The van der Waals surface area contributed by atoms with Crippen LogP contribution in [0.15, 0.2) is 0 Å². The number of carbonyl (C=O) groups is 1. The van der Waals surface area contributed by atoms with Crippen LogP contribution in [0.1, 0.15) is 52.9 Å². The van der Waals surface area contributed by atoms with Crippen molar-refractivity contribution in [3.63, 3.8) is 0 Å². The summed E-state index contributed by atoms with van der Waals surface area (Å²) in [4.78, 5) is 14.3. The van der Waals surface area contributed by atoms with Gasteiger partial charge in [-0.3, -0.25) is 9.69 Å². The Morgan fingerprint density at radius 2 is 2.17 bits per heavy atom. The first kappa shape index (κ1) is 15.4. The van der Waals surface area contributed by atoms with E-state index in [0.717, 1.165) is 13.0 Å². The second kappa shape index (κ2) is 7.74. The first-order valence-electron chi connectivity index (χ1n) is 7.33. The lowest BCUT2D eigenvalue weighted by atomic mass is 9.96. The lowest BCUT2D eigenvalue weighted by molar-refractivity contribution is -0.123. The number of likely N-dealkylation sites (tertiary alicyclic amines) is 1. The fourth-order valence-corrected chi connectivity index (χ4v) is 2.87. The Morgan fingerprint density at radius 3 is 2.72 bits per heavy atom. The summed E-state index contributed by atoms with van der Waals surface area (Å²) < 4.78 is 0. The molecule has 1 amide bonds. The van der Waals surface area contributed by atoms with Gasteiger partial charge in [-0.1, -0.05) is 13.3 Å².